The van der Waals surface area contributed by atoms with E-state index in [1.54, 1.807) is 25.1 Å². The molecule has 0 radical (unpaired) electrons. The summed E-state index contributed by atoms with van der Waals surface area (Å²) in [5.74, 6) is -0.894. The number of nitrogens with zero attached hydrogens (tertiary/aromatic N) is 5. The van der Waals surface area contributed by atoms with Gasteiger partial charge in [0.15, 0.2) is 5.60 Å². The van der Waals surface area contributed by atoms with Crippen LogP contribution < -0.4 is 19.7 Å². The number of rotatable bonds is 8. The van der Waals surface area contributed by atoms with Gasteiger partial charge >= 0.3 is 17.9 Å². The van der Waals surface area contributed by atoms with E-state index in [2.05, 4.69) is 15.1 Å². The molecule has 1 fully saturated rings. The van der Waals surface area contributed by atoms with Crippen molar-refractivity contribution in [2.45, 2.75) is 32.1 Å². The molecule has 2 amide bonds. The minimum absolute atomic E-state index is 0.0317. The number of hydrogen-bond donors (Lipinski definition) is 1. The Labute approximate surface area is 227 Å². The lowest BCUT2D eigenvalue weighted by Crippen LogP contribution is -2.38. The first-order chi connectivity index (χ1) is 19.0. The Kier molecular flexibility index (Phi) is 6.72. The van der Waals surface area contributed by atoms with Gasteiger partial charge in [0.05, 0.1) is 31.9 Å². The van der Waals surface area contributed by atoms with E-state index < -0.39 is 28.5 Å². The fourth-order valence-electron chi connectivity index (χ4n) is 4.48. The highest BCUT2D eigenvalue weighted by atomic mass is 19.1. The van der Waals surface area contributed by atoms with Crippen molar-refractivity contribution in [1.29, 1.82) is 0 Å². The van der Waals surface area contributed by atoms with Crippen molar-refractivity contribution in [3.05, 3.63) is 69.9 Å². The zero-order valence-corrected chi connectivity index (χ0v) is 21.4. The van der Waals surface area contributed by atoms with E-state index in [1.807, 2.05) is 0 Å². The number of amides is 2. The largest absolute Gasteiger partial charge is 0.500 e. The Hall–Kier alpha value is -5.19. The fourth-order valence-corrected chi connectivity index (χ4v) is 4.48. The van der Waals surface area contributed by atoms with E-state index in [0.717, 1.165) is 0 Å². The summed E-state index contributed by atoms with van der Waals surface area (Å²) in [6.07, 6.45) is 0.0989. The van der Waals surface area contributed by atoms with E-state index in [4.69, 9.17) is 20.8 Å². The highest BCUT2D eigenvalue weighted by Crippen LogP contribution is 2.37. The smallest absolute Gasteiger partial charge is 0.415 e. The van der Waals surface area contributed by atoms with Crippen molar-refractivity contribution < 1.29 is 33.1 Å². The number of aromatic nitrogens is 2. The number of hydrogen-bond acceptors (Lipinski definition) is 8. The van der Waals surface area contributed by atoms with Crippen LogP contribution in [0.15, 0.2) is 42.6 Å². The second kappa shape index (κ2) is 10.2. The molecule has 0 spiro atoms. The minimum Gasteiger partial charge on any atom is -0.500 e. The van der Waals surface area contributed by atoms with Gasteiger partial charge in [-0.05, 0) is 47.7 Å². The van der Waals surface area contributed by atoms with Crippen molar-refractivity contribution in [1.82, 2.24) is 14.9 Å². The van der Waals surface area contributed by atoms with Gasteiger partial charge in [0.25, 0.3) is 0 Å². The maximum atomic E-state index is 15.2. The quantitative estimate of drug-likeness (QED) is 0.253. The average molecular weight is 551 g/mol. The molecule has 40 heavy (non-hydrogen) atoms. The van der Waals surface area contributed by atoms with Gasteiger partial charge in [-0.3, -0.25) is 14.3 Å². The van der Waals surface area contributed by atoms with Gasteiger partial charge in [-0.15, -0.1) is 0 Å². The molecule has 1 aromatic heterocycles. The number of ether oxygens (including phenoxy) is 3. The molecule has 13 nitrogen and oxygen atoms in total. The first-order valence-corrected chi connectivity index (χ1v) is 12.1. The molecule has 2 aliphatic heterocycles. The Morgan fingerprint density at radius 2 is 2.17 bits per heavy atom. The predicted octanol–water partition coefficient (Wildman–Crippen LogP) is 3.84. The van der Waals surface area contributed by atoms with Gasteiger partial charge in [0.1, 0.15) is 30.5 Å². The number of carbonyl (C=O) groups is 2. The van der Waals surface area contributed by atoms with Crippen molar-refractivity contribution in [2.75, 3.05) is 24.6 Å². The highest BCUT2D eigenvalue weighted by molar-refractivity contribution is 5.90. The van der Waals surface area contributed by atoms with Crippen LogP contribution in [0.4, 0.5) is 26.4 Å². The fraction of sp³-hybridized carbons (Fsp3) is 0.308. The molecule has 2 aliphatic rings. The summed E-state index contributed by atoms with van der Waals surface area (Å²) in [4.78, 5) is 42.3. The summed E-state index contributed by atoms with van der Waals surface area (Å²) in [5.41, 5.74) is 0.248. The lowest BCUT2D eigenvalue weighted by molar-refractivity contribution is -0.389. The van der Waals surface area contributed by atoms with Crippen LogP contribution in [0.3, 0.4) is 0 Å². The molecule has 2 aromatic carbocycles. The molecule has 3 aromatic rings. The molecule has 14 heteroatoms. The van der Waals surface area contributed by atoms with Gasteiger partial charge in [-0.2, -0.15) is 0 Å². The number of imidazole rings is 1. The second-order valence-corrected chi connectivity index (χ2v) is 9.62. The third kappa shape index (κ3) is 5.21. The maximum Gasteiger partial charge on any atom is 0.415 e. The molecule has 1 unspecified atom stereocenters. The van der Waals surface area contributed by atoms with E-state index in [1.165, 1.54) is 40.8 Å². The van der Waals surface area contributed by atoms with Gasteiger partial charge < -0.3 is 29.6 Å². The normalized spacial score (nSPS) is 19.4. The molecule has 0 saturated carbocycles. The summed E-state index contributed by atoms with van der Waals surface area (Å²) in [6.45, 7) is 11.3. The predicted molar refractivity (Wildman–Crippen MR) is 138 cm³/mol. The summed E-state index contributed by atoms with van der Waals surface area (Å²) < 4.78 is 33.6. The number of cyclic esters (lactones) is 1. The standard InChI is InChI=1S/C26H23FN6O7/c1-15(34)29-10-18-11-32(25(35)39-18)17-5-6-19(20(27)9-17)16-4-7-22(21(8-16)28-3)38-14-26(2)13-31-12-23(33(36)37)30-24(31)40-26/h4-9,12,18H,10-11,13-14H2,1-2H3,(H,29,34)/t18-,26?/m0/s1. The van der Waals surface area contributed by atoms with Crippen molar-refractivity contribution in [2.24, 2.45) is 0 Å². The molecule has 2 atom stereocenters. The topological polar surface area (TPSA) is 142 Å². The lowest BCUT2D eigenvalue weighted by Gasteiger charge is -2.22. The molecular weight excluding hydrogens is 527 g/mol. The average Bonchev–Trinajstić information content (AvgIpc) is 3.57. The number of anilines is 1. The lowest BCUT2D eigenvalue weighted by atomic mass is 10.0. The molecule has 1 N–H and O–H groups in total. The Morgan fingerprint density at radius 3 is 2.85 bits per heavy atom. The van der Waals surface area contributed by atoms with E-state index in [9.17, 15) is 19.7 Å². The van der Waals surface area contributed by atoms with Crippen molar-refractivity contribution in [3.63, 3.8) is 0 Å². The molecule has 0 aliphatic carbocycles. The number of nitro groups is 1. The van der Waals surface area contributed by atoms with E-state index >= 15 is 4.39 Å². The molecule has 3 heterocycles. The summed E-state index contributed by atoms with van der Waals surface area (Å²) in [6, 6.07) is 9.09. The van der Waals surface area contributed by atoms with Crippen molar-refractivity contribution in [3.8, 4) is 22.9 Å². The number of benzene rings is 2. The van der Waals surface area contributed by atoms with Gasteiger partial charge in [-0.25, -0.2) is 14.0 Å². The first kappa shape index (κ1) is 26.4. The van der Waals surface area contributed by atoms with Gasteiger partial charge in [0.2, 0.25) is 11.6 Å². The van der Waals surface area contributed by atoms with E-state index in [-0.39, 0.29) is 61.0 Å². The Morgan fingerprint density at radius 1 is 1.38 bits per heavy atom. The maximum absolute atomic E-state index is 15.2. The monoisotopic (exact) mass is 550 g/mol. The summed E-state index contributed by atoms with van der Waals surface area (Å²) in [5, 5.41) is 13.5. The SMILES string of the molecule is [C-]#[N+]c1cc(-c2ccc(N3C[C@H](CNC(C)=O)OC3=O)cc2F)ccc1OCC1(C)Cn2cc([N+](=O)[O-])nc2O1. The second-order valence-electron chi connectivity index (χ2n) is 9.62. The van der Waals surface area contributed by atoms with Gasteiger partial charge in [0, 0.05) is 17.5 Å². The molecule has 0 bridgehead atoms. The number of halogens is 1. The van der Waals surface area contributed by atoms with Crippen LogP contribution >= 0.6 is 0 Å². The molecular formula is C26H23FN6O7. The molecule has 206 valence electrons. The van der Waals surface area contributed by atoms with Crippen LogP contribution in [0, 0.1) is 22.5 Å². The Bertz CT molecular complexity index is 1540. The van der Waals surface area contributed by atoms with E-state index in [0.29, 0.717) is 11.3 Å². The van der Waals surface area contributed by atoms with Crippen LogP contribution in [0.5, 0.6) is 11.8 Å². The highest BCUT2D eigenvalue weighted by Gasteiger charge is 2.41. The first-order valence-electron chi connectivity index (χ1n) is 12.1. The number of carbonyl (C=O) groups excluding carboxylic acids is 2. The van der Waals surface area contributed by atoms with Crippen LogP contribution in [0.1, 0.15) is 13.8 Å². The minimum atomic E-state index is -0.866. The third-order valence-corrected chi connectivity index (χ3v) is 6.40. The van der Waals surface area contributed by atoms with Crippen molar-refractivity contribution >= 4 is 29.2 Å². The number of fused-ring (bicyclic) bond motifs is 1. The molecule has 5 rings (SSSR count). The third-order valence-electron chi connectivity index (χ3n) is 6.40. The molecule has 1 saturated heterocycles. The Balaban J connectivity index is 1.27. The van der Waals surface area contributed by atoms with Crippen LogP contribution in [-0.4, -0.2) is 57.9 Å². The zero-order valence-electron chi connectivity index (χ0n) is 21.4. The van der Waals surface area contributed by atoms with Crippen LogP contribution in [0.25, 0.3) is 16.0 Å². The van der Waals surface area contributed by atoms with Gasteiger partial charge in [-0.1, -0.05) is 6.07 Å². The number of nitrogens with one attached hydrogen (secondary N) is 1. The van der Waals surface area contributed by atoms with Crippen LogP contribution in [0.2, 0.25) is 0 Å². The summed E-state index contributed by atoms with van der Waals surface area (Å²) >= 11 is 0. The zero-order chi connectivity index (χ0) is 28.6. The van der Waals surface area contributed by atoms with Crippen LogP contribution in [-0.2, 0) is 16.1 Å². The summed E-state index contributed by atoms with van der Waals surface area (Å²) in [7, 11) is 0.